The van der Waals surface area contributed by atoms with Crippen LogP contribution in [0.25, 0.3) is 11.0 Å². The van der Waals surface area contributed by atoms with Gasteiger partial charge in [0.2, 0.25) is 0 Å². The molecule has 0 atom stereocenters. The van der Waals surface area contributed by atoms with Gasteiger partial charge in [0.15, 0.2) is 0 Å². The van der Waals surface area contributed by atoms with E-state index in [1.54, 1.807) is 7.11 Å². The fourth-order valence-corrected chi connectivity index (χ4v) is 3.21. The Morgan fingerprint density at radius 2 is 2.17 bits per heavy atom. The van der Waals surface area contributed by atoms with Crippen LogP contribution in [-0.4, -0.2) is 29.3 Å². The molecule has 1 fully saturated rings. The molecular weight excluding hydrogens is 286 g/mol. The molecule has 4 heteroatoms. The van der Waals surface area contributed by atoms with E-state index in [2.05, 4.69) is 41.0 Å². The van der Waals surface area contributed by atoms with Crippen molar-refractivity contribution in [1.82, 2.24) is 14.9 Å². The molecular formula is C19H29N3O. The maximum Gasteiger partial charge on any atom is 0.140 e. The van der Waals surface area contributed by atoms with Crippen molar-refractivity contribution in [1.29, 1.82) is 0 Å². The number of nitrogens with zero attached hydrogens (tertiary/aromatic N) is 2. The first kappa shape index (κ1) is 16.5. The summed E-state index contributed by atoms with van der Waals surface area (Å²) in [7, 11) is 1.76. The number of ether oxygens (including phenoxy) is 1. The summed E-state index contributed by atoms with van der Waals surface area (Å²) in [6.07, 6.45) is 9.04. The quantitative estimate of drug-likeness (QED) is 0.720. The minimum absolute atomic E-state index is 0.654. The van der Waals surface area contributed by atoms with Gasteiger partial charge in [-0.05, 0) is 48.8 Å². The zero-order valence-corrected chi connectivity index (χ0v) is 14.6. The van der Waals surface area contributed by atoms with Crippen LogP contribution in [0.15, 0.2) is 18.5 Å². The van der Waals surface area contributed by atoms with Gasteiger partial charge in [0.05, 0.1) is 0 Å². The second kappa shape index (κ2) is 7.45. The van der Waals surface area contributed by atoms with Crippen LogP contribution >= 0.6 is 0 Å². The van der Waals surface area contributed by atoms with Crippen molar-refractivity contribution in [3.05, 3.63) is 29.6 Å². The predicted molar refractivity (Wildman–Crippen MR) is 94.6 cm³/mol. The van der Waals surface area contributed by atoms with E-state index >= 15 is 0 Å². The van der Waals surface area contributed by atoms with Crippen LogP contribution in [-0.2, 0) is 24.2 Å². The molecule has 1 aliphatic rings. The number of aryl methyl sites for hydroxylation is 1. The molecule has 1 aliphatic carbocycles. The van der Waals surface area contributed by atoms with E-state index in [1.165, 1.54) is 29.4 Å². The number of aromatic nitrogens is 2. The monoisotopic (exact) mass is 315 g/mol. The van der Waals surface area contributed by atoms with E-state index in [0.717, 1.165) is 44.2 Å². The Balaban J connectivity index is 1.92. The second-order valence-electron chi connectivity index (χ2n) is 7.12. The van der Waals surface area contributed by atoms with E-state index < -0.39 is 0 Å². The molecule has 0 saturated heterocycles. The fraction of sp³-hybridized carbons (Fsp3) is 0.632. The molecule has 0 amide bonds. The average molecular weight is 315 g/mol. The van der Waals surface area contributed by atoms with Gasteiger partial charge in [-0.2, -0.15) is 0 Å². The Bertz CT molecular complexity index is 643. The van der Waals surface area contributed by atoms with Gasteiger partial charge in [-0.1, -0.05) is 13.8 Å². The first-order valence-corrected chi connectivity index (χ1v) is 8.87. The molecule has 0 unspecified atom stereocenters. The maximum absolute atomic E-state index is 5.20. The number of rotatable bonds is 9. The van der Waals surface area contributed by atoms with Crippen molar-refractivity contribution in [2.24, 2.45) is 5.92 Å². The normalized spacial score (nSPS) is 15.0. The van der Waals surface area contributed by atoms with Crippen LogP contribution < -0.4 is 5.32 Å². The first-order chi connectivity index (χ1) is 11.2. The van der Waals surface area contributed by atoms with E-state index in [0.29, 0.717) is 5.92 Å². The van der Waals surface area contributed by atoms with Crippen molar-refractivity contribution in [3.63, 3.8) is 0 Å². The lowest BCUT2D eigenvalue weighted by Gasteiger charge is -2.09. The molecule has 23 heavy (non-hydrogen) atoms. The van der Waals surface area contributed by atoms with Crippen molar-refractivity contribution in [2.45, 2.75) is 58.7 Å². The highest BCUT2D eigenvalue weighted by atomic mass is 16.5. The number of methoxy groups -OCH3 is 1. The Morgan fingerprint density at radius 1 is 1.35 bits per heavy atom. The van der Waals surface area contributed by atoms with Gasteiger partial charge in [0.1, 0.15) is 5.65 Å². The van der Waals surface area contributed by atoms with E-state index in [-0.39, 0.29) is 0 Å². The third-order valence-corrected chi connectivity index (χ3v) is 4.46. The highest BCUT2D eigenvalue weighted by Crippen LogP contribution is 2.27. The molecule has 0 aliphatic heterocycles. The van der Waals surface area contributed by atoms with E-state index in [9.17, 15) is 0 Å². The number of hydrogen-bond donors (Lipinski definition) is 1. The molecule has 2 heterocycles. The Labute approximate surface area is 139 Å². The topological polar surface area (TPSA) is 39.1 Å². The summed E-state index contributed by atoms with van der Waals surface area (Å²) in [4.78, 5) is 4.69. The van der Waals surface area contributed by atoms with Crippen LogP contribution in [0, 0.1) is 5.92 Å². The molecule has 0 aromatic carbocycles. The maximum atomic E-state index is 5.20. The molecule has 2 aromatic heterocycles. The summed E-state index contributed by atoms with van der Waals surface area (Å²) < 4.78 is 7.51. The largest absolute Gasteiger partial charge is 0.385 e. The second-order valence-corrected chi connectivity index (χ2v) is 7.12. The molecule has 0 bridgehead atoms. The van der Waals surface area contributed by atoms with Gasteiger partial charge in [-0.3, -0.25) is 0 Å². The van der Waals surface area contributed by atoms with Gasteiger partial charge in [-0.25, -0.2) is 4.98 Å². The summed E-state index contributed by atoms with van der Waals surface area (Å²) in [5.41, 5.74) is 3.96. The summed E-state index contributed by atoms with van der Waals surface area (Å²) in [5, 5.41) is 5.03. The van der Waals surface area contributed by atoms with Gasteiger partial charge in [0.25, 0.3) is 0 Å². The molecule has 1 saturated carbocycles. The van der Waals surface area contributed by atoms with Crippen LogP contribution in [0.5, 0.6) is 0 Å². The Hall–Kier alpha value is -1.39. The number of fused-ring (bicyclic) bond motifs is 1. The summed E-state index contributed by atoms with van der Waals surface area (Å²) >= 11 is 0. The van der Waals surface area contributed by atoms with Crippen molar-refractivity contribution >= 4 is 11.0 Å². The third-order valence-electron chi connectivity index (χ3n) is 4.46. The fourth-order valence-electron chi connectivity index (χ4n) is 3.21. The lowest BCUT2D eigenvalue weighted by atomic mass is 9.99. The first-order valence-electron chi connectivity index (χ1n) is 8.87. The van der Waals surface area contributed by atoms with Gasteiger partial charge in [-0.15, -0.1) is 0 Å². The van der Waals surface area contributed by atoms with Gasteiger partial charge in [0, 0.05) is 50.6 Å². The van der Waals surface area contributed by atoms with Crippen molar-refractivity contribution in [2.75, 3.05) is 13.7 Å². The number of nitrogens with one attached hydrogen (secondary N) is 1. The SMILES string of the molecule is COCCCn1cc(CNC2CC2)c2c(CC(C)C)ccnc21. The van der Waals surface area contributed by atoms with E-state index in [1.807, 2.05) is 6.20 Å². The Morgan fingerprint density at radius 3 is 2.87 bits per heavy atom. The van der Waals surface area contributed by atoms with Crippen molar-refractivity contribution in [3.8, 4) is 0 Å². The van der Waals surface area contributed by atoms with Crippen LogP contribution in [0.3, 0.4) is 0 Å². The minimum atomic E-state index is 0.654. The van der Waals surface area contributed by atoms with Gasteiger partial charge >= 0.3 is 0 Å². The molecule has 4 nitrogen and oxygen atoms in total. The highest BCUT2D eigenvalue weighted by Gasteiger charge is 2.21. The lowest BCUT2D eigenvalue weighted by Crippen LogP contribution is -2.15. The van der Waals surface area contributed by atoms with Crippen LogP contribution in [0.4, 0.5) is 0 Å². The standard InChI is InChI=1S/C19H29N3O/c1-14(2)11-15-7-8-20-19-18(15)16(12-21-17-5-6-17)13-22(19)9-4-10-23-3/h7-8,13-14,17,21H,4-6,9-12H2,1-3H3. The minimum Gasteiger partial charge on any atom is -0.385 e. The highest BCUT2D eigenvalue weighted by molar-refractivity contribution is 5.84. The number of pyridine rings is 1. The molecule has 126 valence electrons. The summed E-state index contributed by atoms with van der Waals surface area (Å²) in [5.74, 6) is 0.654. The molecule has 0 radical (unpaired) electrons. The van der Waals surface area contributed by atoms with Crippen LogP contribution in [0.2, 0.25) is 0 Å². The smallest absolute Gasteiger partial charge is 0.140 e. The lowest BCUT2D eigenvalue weighted by molar-refractivity contribution is 0.190. The molecule has 0 spiro atoms. The predicted octanol–water partition coefficient (Wildman–Crippen LogP) is 3.52. The zero-order chi connectivity index (χ0) is 16.2. The zero-order valence-electron chi connectivity index (χ0n) is 14.6. The third kappa shape index (κ3) is 4.12. The average Bonchev–Trinajstić information content (AvgIpc) is 3.28. The molecule has 2 aromatic rings. The molecule has 3 rings (SSSR count). The summed E-state index contributed by atoms with van der Waals surface area (Å²) in [6.45, 7) is 7.27. The molecule has 1 N–H and O–H groups in total. The van der Waals surface area contributed by atoms with Crippen molar-refractivity contribution < 1.29 is 4.74 Å². The van der Waals surface area contributed by atoms with E-state index in [4.69, 9.17) is 4.74 Å². The summed E-state index contributed by atoms with van der Waals surface area (Å²) in [6, 6.07) is 2.93. The Kier molecular flexibility index (Phi) is 5.34. The number of hydrogen-bond acceptors (Lipinski definition) is 3. The van der Waals surface area contributed by atoms with Gasteiger partial charge < -0.3 is 14.6 Å². The van der Waals surface area contributed by atoms with Crippen LogP contribution in [0.1, 0.15) is 44.2 Å².